The molecule has 242 valence electrons. The lowest BCUT2D eigenvalue weighted by atomic mass is 10.0. The first-order valence-corrected chi connectivity index (χ1v) is 15.6. The topological polar surface area (TPSA) is 138 Å². The molecule has 3 aromatic heterocycles. The Kier molecular flexibility index (Phi) is 9.32. The Morgan fingerprint density at radius 2 is 1.00 bits per heavy atom. The Bertz CT molecular complexity index is 1960. The fourth-order valence-electron chi connectivity index (χ4n) is 6.36. The number of carboxylic acid groups (broad SMARTS) is 2. The summed E-state index contributed by atoms with van der Waals surface area (Å²) in [6.45, 7) is 9.65. The highest BCUT2D eigenvalue weighted by atomic mass is 16.4. The largest absolute Gasteiger partial charge is 0.481 e. The van der Waals surface area contributed by atoms with E-state index in [0.717, 1.165) is 95.9 Å². The first-order chi connectivity index (χ1) is 21.7. The second-order valence-electron chi connectivity index (χ2n) is 12.9. The van der Waals surface area contributed by atoms with Crippen molar-refractivity contribution in [1.82, 2.24) is 29.7 Å². The van der Waals surface area contributed by atoms with Gasteiger partial charge in [-0.25, -0.2) is 9.97 Å². The molecule has 0 atom stereocenters. The van der Waals surface area contributed by atoms with E-state index in [9.17, 15) is 19.8 Å². The third kappa shape index (κ3) is 6.68. The molecule has 3 aromatic rings. The van der Waals surface area contributed by atoms with Crippen LogP contribution in [0.15, 0.2) is 24.3 Å². The van der Waals surface area contributed by atoms with Gasteiger partial charge in [-0.05, 0) is 138 Å². The van der Waals surface area contributed by atoms with Crippen molar-refractivity contribution in [2.45, 2.75) is 53.4 Å². The summed E-state index contributed by atoms with van der Waals surface area (Å²) in [4.78, 5) is 45.0. The molecule has 5 rings (SSSR count). The number of allylic oxidation sites excluding steroid dienone is 2. The number of nitrogens with zero attached hydrogens (tertiary/aromatic N) is 4. The fourth-order valence-corrected chi connectivity index (χ4v) is 6.36. The van der Waals surface area contributed by atoms with Crippen LogP contribution in [0.4, 0.5) is 0 Å². The summed E-state index contributed by atoms with van der Waals surface area (Å²) < 4.78 is 0. The van der Waals surface area contributed by atoms with Gasteiger partial charge in [0.15, 0.2) is 0 Å². The molecule has 10 heteroatoms. The standard InChI is InChI=1S/C36H44N6O4/c1-19-23(9-11-35(43)44)31-16-32-24(10-12-36(45)46)20(2)29(38-32)14-33-26(18-42(7)8)22(4)30(40-33)15-34-25(17-41(5)6)21(3)28(39-34)13-27(19)37-31/h13-16,37-38H,9-12,17-18H2,1-8H3,(H,43,44)(H,45,46). The maximum absolute atomic E-state index is 11.6. The lowest BCUT2D eigenvalue weighted by molar-refractivity contribution is -0.138. The van der Waals surface area contributed by atoms with Crippen molar-refractivity contribution >= 4 is 56.3 Å². The number of rotatable bonds is 10. The van der Waals surface area contributed by atoms with Crippen molar-refractivity contribution in [3.63, 3.8) is 0 Å². The molecule has 0 saturated heterocycles. The highest BCUT2D eigenvalue weighted by Crippen LogP contribution is 2.35. The zero-order chi connectivity index (χ0) is 33.4. The zero-order valence-corrected chi connectivity index (χ0v) is 28.1. The molecule has 0 amide bonds. The number of aliphatic carboxylic acids is 2. The smallest absolute Gasteiger partial charge is 0.303 e. The number of aromatic nitrogens is 4. The maximum atomic E-state index is 11.6. The van der Waals surface area contributed by atoms with Crippen LogP contribution in [-0.2, 0) is 22.4 Å². The molecule has 0 spiro atoms. The van der Waals surface area contributed by atoms with E-state index in [0.29, 0.717) is 19.4 Å². The second-order valence-corrected chi connectivity index (χ2v) is 12.9. The minimum atomic E-state index is -0.864. The van der Waals surface area contributed by atoms with Crippen LogP contribution in [0, 0.1) is 13.8 Å². The number of hydrogen-bond donors (Lipinski definition) is 4. The molecular weight excluding hydrogens is 580 g/mol. The minimum absolute atomic E-state index is 0.00779. The number of fused-ring (bicyclic) bond motifs is 8. The van der Waals surface area contributed by atoms with Crippen LogP contribution in [0.25, 0.3) is 44.4 Å². The number of likely N-dealkylation sites (N-methyl/N-ethyl adjacent to an activating group) is 2. The van der Waals surface area contributed by atoms with Gasteiger partial charge in [-0.3, -0.25) is 9.59 Å². The highest BCUT2D eigenvalue weighted by Gasteiger charge is 2.22. The van der Waals surface area contributed by atoms with Gasteiger partial charge < -0.3 is 30.0 Å². The van der Waals surface area contributed by atoms with Crippen molar-refractivity contribution in [2.75, 3.05) is 41.3 Å². The van der Waals surface area contributed by atoms with Crippen molar-refractivity contribution in [2.24, 2.45) is 0 Å². The molecular formula is C36H44N6O4. The van der Waals surface area contributed by atoms with Gasteiger partial charge in [0.1, 0.15) is 0 Å². The first-order valence-electron chi connectivity index (χ1n) is 15.6. The van der Waals surface area contributed by atoms with E-state index < -0.39 is 11.9 Å². The Morgan fingerprint density at radius 3 is 1.41 bits per heavy atom. The fraction of sp³-hybridized carbons (Fsp3) is 0.389. The monoisotopic (exact) mass is 624 g/mol. The first kappa shape index (κ1) is 32.8. The number of nitrogens with one attached hydrogen (secondary N) is 2. The molecule has 0 fully saturated rings. The van der Waals surface area contributed by atoms with Gasteiger partial charge in [-0.15, -0.1) is 0 Å². The van der Waals surface area contributed by atoms with Crippen LogP contribution in [0.2, 0.25) is 0 Å². The molecule has 46 heavy (non-hydrogen) atoms. The lowest BCUT2D eigenvalue weighted by Gasteiger charge is -2.12. The van der Waals surface area contributed by atoms with Gasteiger partial charge in [0.25, 0.3) is 0 Å². The molecule has 5 heterocycles. The number of carboxylic acids is 2. The quantitative estimate of drug-likeness (QED) is 0.217. The summed E-state index contributed by atoms with van der Waals surface area (Å²) in [6, 6.07) is 8.19. The number of aryl methyl sites for hydroxylation is 4. The maximum Gasteiger partial charge on any atom is 0.303 e. The van der Waals surface area contributed by atoms with E-state index in [1.807, 2.05) is 54.2 Å². The van der Waals surface area contributed by atoms with Crippen molar-refractivity contribution in [3.8, 4) is 0 Å². The van der Waals surface area contributed by atoms with Crippen molar-refractivity contribution in [1.29, 1.82) is 0 Å². The third-order valence-electron chi connectivity index (χ3n) is 8.93. The third-order valence-corrected chi connectivity index (χ3v) is 8.93. The lowest BCUT2D eigenvalue weighted by Crippen LogP contribution is -2.14. The van der Waals surface area contributed by atoms with Crippen LogP contribution < -0.4 is 0 Å². The molecule has 10 nitrogen and oxygen atoms in total. The summed E-state index contributed by atoms with van der Waals surface area (Å²) in [7, 11) is 8.18. The van der Waals surface area contributed by atoms with Crippen molar-refractivity contribution in [3.05, 3.63) is 69.3 Å². The summed E-state index contributed by atoms with van der Waals surface area (Å²) in [6.07, 6.45) is 0.689. The van der Waals surface area contributed by atoms with Gasteiger partial charge in [-0.2, -0.15) is 0 Å². The van der Waals surface area contributed by atoms with Gasteiger partial charge in [0.2, 0.25) is 0 Å². The molecule has 8 bridgehead atoms. The summed E-state index contributed by atoms with van der Waals surface area (Å²) in [5.74, 6) is -1.73. The molecule has 0 radical (unpaired) electrons. The molecule has 2 aliphatic heterocycles. The predicted molar refractivity (Wildman–Crippen MR) is 184 cm³/mol. The van der Waals surface area contributed by atoms with E-state index in [1.165, 1.54) is 0 Å². The van der Waals surface area contributed by atoms with Crippen LogP contribution in [0.5, 0.6) is 0 Å². The van der Waals surface area contributed by atoms with Gasteiger partial charge >= 0.3 is 11.9 Å². The van der Waals surface area contributed by atoms with E-state index in [1.54, 1.807) is 0 Å². The van der Waals surface area contributed by atoms with Crippen LogP contribution in [0.3, 0.4) is 0 Å². The number of H-pyrrole nitrogens is 2. The zero-order valence-electron chi connectivity index (χ0n) is 28.1. The van der Waals surface area contributed by atoms with Gasteiger partial charge in [0, 0.05) is 48.0 Å². The molecule has 0 unspecified atom stereocenters. The summed E-state index contributed by atoms with van der Waals surface area (Å²) in [5, 5.41) is 19.1. The number of carbonyl (C=O) groups is 2. The van der Waals surface area contributed by atoms with Crippen LogP contribution in [0.1, 0.15) is 71.7 Å². The SMILES string of the molecule is CC1=C(CN(C)C)c2cc3nc(cc4[nH]c(cc5[nH]c(cc1n2)c(C)c5CCC(=O)O)c(CCC(=O)O)c4C)C(CN(C)C)=C3C. The Hall–Kier alpha value is -4.54. The molecule has 2 aliphatic rings. The van der Waals surface area contributed by atoms with E-state index in [4.69, 9.17) is 9.97 Å². The number of aromatic amines is 2. The average Bonchev–Trinajstić information content (AvgIpc) is 3.61. The Morgan fingerprint density at radius 1 is 0.609 bits per heavy atom. The highest BCUT2D eigenvalue weighted by molar-refractivity contribution is 5.96. The Labute approximate surface area is 269 Å². The number of hydrogen-bond acceptors (Lipinski definition) is 6. The van der Waals surface area contributed by atoms with E-state index in [-0.39, 0.29) is 12.8 Å². The molecule has 4 N–H and O–H groups in total. The summed E-state index contributed by atoms with van der Waals surface area (Å²) in [5.41, 5.74) is 15.0. The van der Waals surface area contributed by atoms with E-state index in [2.05, 4.69) is 45.7 Å². The van der Waals surface area contributed by atoms with Gasteiger partial charge in [-0.1, -0.05) is 0 Å². The summed E-state index contributed by atoms with van der Waals surface area (Å²) >= 11 is 0. The normalized spacial score (nSPS) is 13.4. The molecule has 0 aromatic carbocycles. The van der Waals surface area contributed by atoms with Gasteiger partial charge in [0.05, 0.1) is 22.8 Å². The van der Waals surface area contributed by atoms with Crippen LogP contribution in [-0.4, -0.2) is 93.2 Å². The van der Waals surface area contributed by atoms with Crippen LogP contribution >= 0.6 is 0 Å². The Balaban J connectivity index is 1.94. The molecule has 0 saturated carbocycles. The van der Waals surface area contributed by atoms with E-state index >= 15 is 0 Å². The minimum Gasteiger partial charge on any atom is -0.481 e. The average molecular weight is 625 g/mol. The molecule has 0 aliphatic carbocycles. The predicted octanol–water partition coefficient (Wildman–Crippen LogP) is 5.95. The van der Waals surface area contributed by atoms with Crippen molar-refractivity contribution < 1.29 is 19.8 Å². The second kappa shape index (κ2) is 13.1.